The normalized spacial score (nSPS) is 16.2. The monoisotopic (exact) mass is 225 g/mol. The largest absolute Gasteiger partial charge is 0.391 e. The van der Waals surface area contributed by atoms with Gasteiger partial charge < -0.3 is 10.6 Å². The minimum absolute atomic E-state index is 0.113. The molecular formula is C11H19N3O2. The summed E-state index contributed by atoms with van der Waals surface area (Å²) in [5.74, 6) is -0.207. The standard InChI is InChI=1S/C11H19N3O2/c1-8(2)14(7-15)11(16)9-6-13-5-4-10(9)12-3/h7-8,12-13H,4-6H2,1-3H3. The lowest BCUT2D eigenvalue weighted by Gasteiger charge is -2.26. The van der Waals surface area contributed by atoms with Crippen molar-refractivity contribution in [2.75, 3.05) is 20.1 Å². The molecule has 0 spiro atoms. The van der Waals surface area contributed by atoms with Crippen LogP contribution >= 0.6 is 0 Å². The first-order valence-electron chi connectivity index (χ1n) is 5.50. The molecule has 0 aromatic carbocycles. The fourth-order valence-electron chi connectivity index (χ4n) is 1.72. The van der Waals surface area contributed by atoms with Gasteiger partial charge in [-0.1, -0.05) is 0 Å². The number of hydrogen-bond donors (Lipinski definition) is 2. The number of nitrogens with zero attached hydrogens (tertiary/aromatic N) is 1. The molecule has 0 unspecified atom stereocenters. The second-order valence-electron chi connectivity index (χ2n) is 4.05. The van der Waals surface area contributed by atoms with E-state index in [-0.39, 0.29) is 11.9 Å². The van der Waals surface area contributed by atoms with Gasteiger partial charge in [0.1, 0.15) is 0 Å². The number of amides is 2. The number of nitrogens with one attached hydrogen (secondary N) is 2. The Kier molecular flexibility index (Phi) is 4.49. The second-order valence-corrected chi connectivity index (χ2v) is 4.05. The molecule has 0 aromatic rings. The van der Waals surface area contributed by atoms with Gasteiger partial charge in [0.05, 0.1) is 5.57 Å². The van der Waals surface area contributed by atoms with E-state index in [1.54, 1.807) is 7.05 Å². The Morgan fingerprint density at radius 1 is 1.56 bits per heavy atom. The molecule has 16 heavy (non-hydrogen) atoms. The van der Waals surface area contributed by atoms with Gasteiger partial charge in [-0.2, -0.15) is 0 Å². The zero-order valence-electron chi connectivity index (χ0n) is 10.0. The van der Waals surface area contributed by atoms with Crippen molar-refractivity contribution in [2.45, 2.75) is 26.3 Å². The van der Waals surface area contributed by atoms with Crippen molar-refractivity contribution in [3.63, 3.8) is 0 Å². The van der Waals surface area contributed by atoms with Crippen molar-refractivity contribution in [3.05, 3.63) is 11.3 Å². The number of hydrogen-bond acceptors (Lipinski definition) is 4. The Bertz CT molecular complexity index is 310. The van der Waals surface area contributed by atoms with Crippen molar-refractivity contribution in [2.24, 2.45) is 0 Å². The fourth-order valence-corrected chi connectivity index (χ4v) is 1.72. The average Bonchev–Trinajstić information content (AvgIpc) is 2.29. The number of carbonyl (C=O) groups is 2. The fraction of sp³-hybridized carbons (Fsp3) is 0.636. The summed E-state index contributed by atoms with van der Waals surface area (Å²) < 4.78 is 0. The van der Waals surface area contributed by atoms with E-state index in [0.29, 0.717) is 18.5 Å². The average molecular weight is 225 g/mol. The van der Waals surface area contributed by atoms with Crippen molar-refractivity contribution >= 4 is 12.3 Å². The summed E-state index contributed by atoms with van der Waals surface area (Å²) in [6.45, 7) is 5.02. The molecule has 0 saturated carbocycles. The van der Waals surface area contributed by atoms with Crippen LogP contribution in [0.5, 0.6) is 0 Å². The van der Waals surface area contributed by atoms with Crippen LogP contribution in [0.15, 0.2) is 11.3 Å². The number of imide groups is 1. The van der Waals surface area contributed by atoms with Gasteiger partial charge in [0, 0.05) is 38.3 Å². The SMILES string of the molecule is CNC1=C(C(=O)N(C=O)C(C)C)CNCC1. The van der Waals surface area contributed by atoms with Gasteiger partial charge in [0.15, 0.2) is 0 Å². The van der Waals surface area contributed by atoms with Crippen LogP contribution in [0.2, 0.25) is 0 Å². The summed E-state index contributed by atoms with van der Waals surface area (Å²) in [6, 6.07) is -0.113. The van der Waals surface area contributed by atoms with Crippen molar-refractivity contribution in [1.82, 2.24) is 15.5 Å². The minimum atomic E-state index is -0.207. The third-order valence-corrected chi connectivity index (χ3v) is 2.68. The molecular weight excluding hydrogens is 206 g/mol. The molecule has 0 radical (unpaired) electrons. The molecule has 0 aromatic heterocycles. The molecule has 1 aliphatic heterocycles. The Morgan fingerprint density at radius 3 is 2.75 bits per heavy atom. The van der Waals surface area contributed by atoms with Crippen LogP contribution in [0.25, 0.3) is 0 Å². The molecule has 0 atom stereocenters. The van der Waals surface area contributed by atoms with Crippen LogP contribution < -0.4 is 10.6 Å². The molecule has 2 amide bonds. The number of rotatable bonds is 4. The highest BCUT2D eigenvalue weighted by atomic mass is 16.2. The number of carbonyl (C=O) groups excluding carboxylic acids is 2. The highest BCUT2D eigenvalue weighted by Crippen LogP contribution is 2.13. The van der Waals surface area contributed by atoms with Gasteiger partial charge in [-0.15, -0.1) is 0 Å². The molecule has 5 nitrogen and oxygen atoms in total. The summed E-state index contributed by atoms with van der Waals surface area (Å²) in [5, 5.41) is 6.17. The first-order chi connectivity index (χ1) is 7.61. The van der Waals surface area contributed by atoms with E-state index >= 15 is 0 Å². The van der Waals surface area contributed by atoms with Crippen molar-refractivity contribution < 1.29 is 9.59 Å². The van der Waals surface area contributed by atoms with E-state index in [1.807, 2.05) is 13.8 Å². The summed E-state index contributed by atoms with van der Waals surface area (Å²) in [4.78, 5) is 24.2. The van der Waals surface area contributed by atoms with Gasteiger partial charge >= 0.3 is 0 Å². The lowest BCUT2D eigenvalue weighted by Crippen LogP contribution is -2.42. The molecule has 2 N–H and O–H groups in total. The van der Waals surface area contributed by atoms with E-state index in [2.05, 4.69) is 10.6 Å². The summed E-state index contributed by atoms with van der Waals surface area (Å²) in [5.41, 5.74) is 1.59. The smallest absolute Gasteiger partial charge is 0.259 e. The molecule has 1 aliphatic rings. The highest BCUT2D eigenvalue weighted by molar-refractivity contribution is 6.00. The second kappa shape index (κ2) is 5.65. The lowest BCUT2D eigenvalue weighted by molar-refractivity contribution is -0.137. The van der Waals surface area contributed by atoms with Crippen LogP contribution in [0.1, 0.15) is 20.3 Å². The zero-order chi connectivity index (χ0) is 12.1. The predicted molar refractivity (Wildman–Crippen MR) is 61.6 cm³/mol. The third kappa shape index (κ3) is 2.61. The lowest BCUT2D eigenvalue weighted by atomic mass is 10.1. The van der Waals surface area contributed by atoms with Crippen LogP contribution in [0.3, 0.4) is 0 Å². The van der Waals surface area contributed by atoms with Gasteiger partial charge in [-0.05, 0) is 13.8 Å². The maximum Gasteiger partial charge on any atom is 0.259 e. The van der Waals surface area contributed by atoms with E-state index in [1.165, 1.54) is 4.90 Å². The molecule has 0 bridgehead atoms. The van der Waals surface area contributed by atoms with Crippen LogP contribution in [-0.4, -0.2) is 43.4 Å². The van der Waals surface area contributed by atoms with Crippen molar-refractivity contribution in [1.29, 1.82) is 0 Å². The molecule has 1 heterocycles. The molecule has 5 heteroatoms. The Morgan fingerprint density at radius 2 is 2.25 bits per heavy atom. The van der Waals surface area contributed by atoms with Gasteiger partial charge in [0.25, 0.3) is 5.91 Å². The van der Waals surface area contributed by atoms with Gasteiger partial charge in [-0.3, -0.25) is 14.5 Å². The third-order valence-electron chi connectivity index (χ3n) is 2.68. The predicted octanol–water partition coefficient (Wildman–Crippen LogP) is -0.153. The Hall–Kier alpha value is -1.36. The maximum atomic E-state index is 12.1. The minimum Gasteiger partial charge on any atom is -0.391 e. The molecule has 1 rings (SSSR count). The topological polar surface area (TPSA) is 61.4 Å². The van der Waals surface area contributed by atoms with Crippen LogP contribution in [0, 0.1) is 0 Å². The van der Waals surface area contributed by atoms with E-state index < -0.39 is 0 Å². The molecule has 0 fully saturated rings. The summed E-state index contributed by atoms with van der Waals surface area (Å²) in [6.07, 6.45) is 1.39. The van der Waals surface area contributed by atoms with E-state index in [9.17, 15) is 9.59 Å². The Labute approximate surface area is 95.9 Å². The van der Waals surface area contributed by atoms with Crippen molar-refractivity contribution in [3.8, 4) is 0 Å². The van der Waals surface area contributed by atoms with Gasteiger partial charge in [0.2, 0.25) is 6.41 Å². The Balaban J connectivity index is 2.93. The quantitative estimate of drug-likeness (QED) is 0.653. The maximum absolute atomic E-state index is 12.1. The first kappa shape index (κ1) is 12.7. The molecule has 0 aliphatic carbocycles. The van der Waals surface area contributed by atoms with E-state index in [0.717, 1.165) is 18.7 Å². The summed E-state index contributed by atoms with van der Waals surface area (Å²) >= 11 is 0. The first-order valence-corrected chi connectivity index (χ1v) is 5.50. The van der Waals surface area contributed by atoms with Crippen LogP contribution in [0.4, 0.5) is 0 Å². The van der Waals surface area contributed by atoms with Crippen LogP contribution in [-0.2, 0) is 9.59 Å². The zero-order valence-corrected chi connectivity index (χ0v) is 10.0. The highest BCUT2D eigenvalue weighted by Gasteiger charge is 2.24. The summed E-state index contributed by atoms with van der Waals surface area (Å²) in [7, 11) is 1.80. The van der Waals surface area contributed by atoms with Gasteiger partial charge in [-0.25, -0.2) is 0 Å². The molecule has 0 saturated heterocycles. The van der Waals surface area contributed by atoms with E-state index in [4.69, 9.17) is 0 Å². The molecule has 90 valence electrons.